The van der Waals surface area contributed by atoms with Crippen LogP contribution >= 0.6 is 11.6 Å². The lowest BCUT2D eigenvalue weighted by Crippen LogP contribution is -2.23. The lowest BCUT2D eigenvalue weighted by molar-refractivity contribution is 0.157. The van der Waals surface area contributed by atoms with Gasteiger partial charge in [0, 0.05) is 18.1 Å². The third-order valence-electron chi connectivity index (χ3n) is 2.14. The summed E-state index contributed by atoms with van der Waals surface area (Å²) in [6.45, 7) is 3.57. The first-order valence-corrected chi connectivity index (χ1v) is 5.35. The first-order chi connectivity index (χ1) is 7.59. The molecule has 1 rings (SSSR count). The van der Waals surface area contributed by atoms with Gasteiger partial charge in [0.2, 0.25) is 0 Å². The molecule has 0 unspecified atom stereocenters. The van der Waals surface area contributed by atoms with Crippen molar-refractivity contribution in [2.24, 2.45) is 5.73 Å². The van der Waals surface area contributed by atoms with Gasteiger partial charge in [-0.15, -0.1) is 0 Å². The fraction of sp³-hybridized carbons (Fsp3) is 0.364. The highest BCUT2D eigenvalue weighted by Crippen LogP contribution is 2.14. The molecule has 0 aliphatic carbocycles. The van der Waals surface area contributed by atoms with Gasteiger partial charge in [0.05, 0.1) is 0 Å². The van der Waals surface area contributed by atoms with E-state index in [-0.39, 0.29) is 6.61 Å². The second-order valence-corrected chi connectivity index (χ2v) is 3.85. The lowest BCUT2D eigenvalue weighted by Gasteiger charge is -2.08. The number of hydrogen-bond donors (Lipinski definition) is 2. The van der Waals surface area contributed by atoms with E-state index in [0.717, 1.165) is 10.6 Å². The molecule has 0 saturated heterocycles. The number of ether oxygens (including phenoxy) is 1. The van der Waals surface area contributed by atoms with Crippen molar-refractivity contribution in [3.8, 4) is 0 Å². The summed E-state index contributed by atoms with van der Waals surface area (Å²) in [5.74, 6) is 0. The van der Waals surface area contributed by atoms with Gasteiger partial charge in [-0.05, 0) is 30.2 Å². The lowest BCUT2D eigenvalue weighted by atomic mass is 10.1. The highest BCUT2D eigenvalue weighted by molar-refractivity contribution is 6.30. The molecule has 1 aromatic carbocycles. The summed E-state index contributed by atoms with van der Waals surface area (Å²) in [4.78, 5) is 10.3. The highest BCUT2D eigenvalue weighted by Gasteiger charge is 1.99. The van der Waals surface area contributed by atoms with Crippen molar-refractivity contribution in [1.82, 2.24) is 5.32 Å². The normalized spacial score (nSPS) is 10.1. The number of benzene rings is 1. The van der Waals surface area contributed by atoms with E-state index in [0.29, 0.717) is 13.1 Å². The van der Waals surface area contributed by atoms with Crippen LogP contribution in [-0.2, 0) is 11.3 Å². The molecule has 16 heavy (non-hydrogen) atoms. The summed E-state index contributed by atoms with van der Waals surface area (Å²) in [6.07, 6.45) is -0.746. The largest absolute Gasteiger partial charge is 0.448 e. The van der Waals surface area contributed by atoms with Crippen LogP contribution in [0.3, 0.4) is 0 Å². The van der Waals surface area contributed by atoms with Crippen molar-refractivity contribution >= 4 is 17.7 Å². The number of aryl methyl sites for hydroxylation is 1. The van der Waals surface area contributed by atoms with Crippen LogP contribution in [0.15, 0.2) is 18.2 Å². The van der Waals surface area contributed by atoms with Crippen molar-refractivity contribution in [3.05, 3.63) is 34.3 Å². The number of halogens is 1. The molecule has 0 saturated carbocycles. The molecule has 0 aliphatic heterocycles. The number of hydrogen-bond acceptors (Lipinski definition) is 3. The number of rotatable bonds is 5. The Balaban J connectivity index is 2.29. The van der Waals surface area contributed by atoms with Gasteiger partial charge in [0.15, 0.2) is 0 Å². The van der Waals surface area contributed by atoms with Crippen LogP contribution in [-0.4, -0.2) is 19.2 Å². The predicted molar refractivity (Wildman–Crippen MR) is 63.4 cm³/mol. The van der Waals surface area contributed by atoms with Gasteiger partial charge in [-0.3, -0.25) is 0 Å². The van der Waals surface area contributed by atoms with Crippen LogP contribution in [0.4, 0.5) is 4.79 Å². The smallest absolute Gasteiger partial charge is 0.404 e. The molecule has 4 nitrogen and oxygen atoms in total. The molecular weight excluding hydrogens is 228 g/mol. The summed E-state index contributed by atoms with van der Waals surface area (Å²) in [6, 6.07) is 5.74. The van der Waals surface area contributed by atoms with Gasteiger partial charge in [-0.2, -0.15) is 0 Å². The summed E-state index contributed by atoms with van der Waals surface area (Å²) in [7, 11) is 0. The Bertz CT molecular complexity index is 369. The quantitative estimate of drug-likeness (QED) is 0.775. The average Bonchev–Trinajstić information content (AvgIpc) is 2.20. The Kier molecular flexibility index (Phi) is 5.08. The van der Waals surface area contributed by atoms with Crippen molar-refractivity contribution in [1.29, 1.82) is 0 Å². The molecule has 1 aromatic rings. The van der Waals surface area contributed by atoms with Crippen molar-refractivity contribution < 1.29 is 9.53 Å². The van der Waals surface area contributed by atoms with Gasteiger partial charge >= 0.3 is 6.09 Å². The van der Waals surface area contributed by atoms with E-state index in [2.05, 4.69) is 10.1 Å². The predicted octanol–water partition coefficient (Wildman–Crippen LogP) is 1.83. The maximum Gasteiger partial charge on any atom is 0.404 e. The van der Waals surface area contributed by atoms with Crippen LogP contribution in [0.5, 0.6) is 0 Å². The topological polar surface area (TPSA) is 64.3 Å². The zero-order valence-corrected chi connectivity index (χ0v) is 9.88. The van der Waals surface area contributed by atoms with Crippen molar-refractivity contribution in [2.75, 3.05) is 13.2 Å². The van der Waals surface area contributed by atoms with E-state index >= 15 is 0 Å². The standard InChI is InChI=1S/C11H15ClN2O2/c1-8-6-10(12)3-2-9(8)7-14-4-5-16-11(13)15/h2-3,6,14H,4-5,7H2,1H3,(H2,13,15). The number of carbonyl (C=O) groups excluding carboxylic acids is 1. The Hall–Kier alpha value is -1.26. The number of primary amides is 1. The highest BCUT2D eigenvalue weighted by atomic mass is 35.5. The molecule has 5 heteroatoms. The summed E-state index contributed by atoms with van der Waals surface area (Å²) in [5.41, 5.74) is 7.13. The fourth-order valence-electron chi connectivity index (χ4n) is 1.30. The molecule has 88 valence electrons. The number of nitrogens with two attached hydrogens (primary N) is 1. The molecule has 0 spiro atoms. The number of amides is 1. The van der Waals surface area contributed by atoms with Gasteiger partial charge < -0.3 is 15.8 Å². The van der Waals surface area contributed by atoms with E-state index in [1.54, 1.807) is 0 Å². The molecule has 0 aromatic heterocycles. The Morgan fingerprint density at radius 1 is 1.56 bits per heavy atom. The third-order valence-corrected chi connectivity index (χ3v) is 2.38. The van der Waals surface area contributed by atoms with Gasteiger partial charge in [0.25, 0.3) is 0 Å². The van der Waals surface area contributed by atoms with Crippen LogP contribution in [0.25, 0.3) is 0 Å². The Morgan fingerprint density at radius 3 is 2.94 bits per heavy atom. The van der Waals surface area contributed by atoms with E-state index in [1.807, 2.05) is 25.1 Å². The summed E-state index contributed by atoms with van der Waals surface area (Å²) >= 11 is 5.84. The van der Waals surface area contributed by atoms with E-state index in [9.17, 15) is 4.79 Å². The minimum absolute atomic E-state index is 0.280. The zero-order chi connectivity index (χ0) is 12.0. The molecule has 0 bridgehead atoms. The fourth-order valence-corrected chi connectivity index (χ4v) is 1.53. The van der Waals surface area contributed by atoms with Crippen LogP contribution < -0.4 is 11.1 Å². The SMILES string of the molecule is Cc1cc(Cl)ccc1CNCCOC(N)=O. The Labute approximate surface area is 99.7 Å². The molecule has 0 fully saturated rings. The molecule has 0 aliphatic rings. The van der Waals surface area contributed by atoms with Crippen LogP contribution in [0.1, 0.15) is 11.1 Å². The van der Waals surface area contributed by atoms with Crippen LogP contribution in [0.2, 0.25) is 5.02 Å². The van der Waals surface area contributed by atoms with Crippen molar-refractivity contribution in [3.63, 3.8) is 0 Å². The van der Waals surface area contributed by atoms with E-state index in [1.165, 1.54) is 5.56 Å². The van der Waals surface area contributed by atoms with Gasteiger partial charge in [0.1, 0.15) is 6.61 Å². The second kappa shape index (κ2) is 6.35. The number of nitrogens with one attached hydrogen (secondary N) is 1. The zero-order valence-electron chi connectivity index (χ0n) is 9.13. The van der Waals surface area contributed by atoms with E-state index < -0.39 is 6.09 Å². The van der Waals surface area contributed by atoms with Gasteiger partial charge in [-0.25, -0.2) is 4.79 Å². The molecular formula is C11H15ClN2O2. The van der Waals surface area contributed by atoms with Crippen LogP contribution in [0, 0.1) is 6.92 Å². The first kappa shape index (κ1) is 12.8. The molecule has 0 heterocycles. The maximum absolute atomic E-state index is 10.3. The average molecular weight is 243 g/mol. The Morgan fingerprint density at radius 2 is 2.31 bits per heavy atom. The molecule has 3 N–H and O–H groups in total. The molecule has 0 atom stereocenters. The monoisotopic (exact) mass is 242 g/mol. The summed E-state index contributed by atoms with van der Waals surface area (Å²) < 4.78 is 4.58. The molecule has 1 amide bonds. The summed E-state index contributed by atoms with van der Waals surface area (Å²) in [5, 5.41) is 3.88. The second-order valence-electron chi connectivity index (χ2n) is 3.42. The van der Waals surface area contributed by atoms with Crippen molar-refractivity contribution in [2.45, 2.75) is 13.5 Å². The first-order valence-electron chi connectivity index (χ1n) is 4.97. The van der Waals surface area contributed by atoms with E-state index in [4.69, 9.17) is 17.3 Å². The molecule has 0 radical (unpaired) electrons. The third kappa shape index (κ3) is 4.51. The number of carbonyl (C=O) groups is 1. The maximum atomic E-state index is 10.3. The minimum Gasteiger partial charge on any atom is -0.448 e. The van der Waals surface area contributed by atoms with Gasteiger partial charge in [-0.1, -0.05) is 17.7 Å². The minimum atomic E-state index is -0.746.